The maximum absolute atomic E-state index is 6.89. The molecule has 6 aromatic rings. The van der Waals surface area contributed by atoms with Crippen LogP contribution in [0.3, 0.4) is 0 Å². The number of fused-ring (bicyclic) bond motifs is 6. The quantitative estimate of drug-likeness (QED) is 0.236. The number of hydrogen-bond donors (Lipinski definition) is 0. The van der Waals surface area contributed by atoms with Gasteiger partial charge in [-0.2, -0.15) is 0 Å². The molecule has 3 heterocycles. The molecule has 1 aliphatic heterocycles. The Bertz CT molecular complexity index is 1970. The standard InChI is InChI=1S/C36H25N3O/c1-3-13-24(14-4-1)29-23-37-35(34(38-29)25-15-5-2-6-16-25)33-28-19-8-11-21-31(28)39-30-20-10-7-17-26(30)27-18-9-12-22-32(27)40-36(33)39/h1-6,8-16,18-23H,7,17H2. The number of nitrogens with zero attached hydrogens (tertiary/aromatic N) is 3. The summed E-state index contributed by atoms with van der Waals surface area (Å²) in [4.78, 5) is 10.4. The molecular weight excluding hydrogens is 490 g/mol. The molecule has 1 aliphatic carbocycles. The molecule has 2 aliphatic rings. The summed E-state index contributed by atoms with van der Waals surface area (Å²) in [6, 6.07) is 37.4. The van der Waals surface area contributed by atoms with Crippen molar-refractivity contribution in [2.24, 2.45) is 0 Å². The Balaban J connectivity index is 1.47. The summed E-state index contributed by atoms with van der Waals surface area (Å²) in [5, 5.41) is 1.08. The highest BCUT2D eigenvalue weighted by Gasteiger charge is 2.31. The molecule has 4 heteroatoms. The van der Waals surface area contributed by atoms with Crippen LogP contribution >= 0.6 is 0 Å². The highest BCUT2D eigenvalue weighted by molar-refractivity contribution is 6.07. The molecule has 0 amide bonds. The monoisotopic (exact) mass is 515 g/mol. The molecular formula is C36H25N3O. The molecule has 0 unspecified atom stereocenters. The van der Waals surface area contributed by atoms with Gasteiger partial charge >= 0.3 is 0 Å². The average molecular weight is 516 g/mol. The van der Waals surface area contributed by atoms with E-state index in [-0.39, 0.29) is 0 Å². The van der Waals surface area contributed by atoms with Gasteiger partial charge in [0.2, 0.25) is 5.88 Å². The van der Waals surface area contributed by atoms with Gasteiger partial charge in [-0.15, -0.1) is 0 Å². The molecule has 4 nitrogen and oxygen atoms in total. The first-order valence-electron chi connectivity index (χ1n) is 13.7. The van der Waals surface area contributed by atoms with Crippen molar-refractivity contribution >= 4 is 22.2 Å². The van der Waals surface area contributed by atoms with E-state index < -0.39 is 0 Å². The van der Waals surface area contributed by atoms with Gasteiger partial charge in [0.25, 0.3) is 0 Å². The van der Waals surface area contributed by atoms with E-state index in [1.54, 1.807) is 0 Å². The number of ether oxygens (including phenoxy) is 1. The van der Waals surface area contributed by atoms with Crippen molar-refractivity contribution in [1.29, 1.82) is 0 Å². The molecule has 0 N–H and O–H groups in total. The third kappa shape index (κ3) is 3.53. The van der Waals surface area contributed by atoms with E-state index in [1.165, 1.54) is 5.57 Å². The molecule has 0 radical (unpaired) electrons. The lowest BCUT2D eigenvalue weighted by Gasteiger charge is -2.16. The van der Waals surface area contributed by atoms with Crippen LogP contribution in [0.1, 0.15) is 18.4 Å². The summed E-state index contributed by atoms with van der Waals surface area (Å²) >= 11 is 0. The predicted molar refractivity (Wildman–Crippen MR) is 162 cm³/mol. The molecule has 4 aromatic carbocycles. The zero-order chi connectivity index (χ0) is 26.5. The van der Waals surface area contributed by atoms with Gasteiger partial charge in [0.1, 0.15) is 11.4 Å². The smallest absolute Gasteiger partial charge is 0.215 e. The molecule has 0 bridgehead atoms. The van der Waals surface area contributed by atoms with Crippen molar-refractivity contribution in [3.63, 3.8) is 0 Å². The number of aromatic nitrogens is 3. The molecule has 0 atom stereocenters. The van der Waals surface area contributed by atoms with Gasteiger partial charge in [-0.05, 0) is 36.6 Å². The zero-order valence-electron chi connectivity index (χ0n) is 21.8. The van der Waals surface area contributed by atoms with E-state index in [4.69, 9.17) is 14.7 Å². The minimum atomic E-state index is 0.768. The van der Waals surface area contributed by atoms with Gasteiger partial charge in [-0.1, -0.05) is 103 Å². The Labute approximate surface area is 232 Å². The maximum atomic E-state index is 6.89. The summed E-state index contributed by atoms with van der Waals surface area (Å²) in [5.41, 5.74) is 10.2. The van der Waals surface area contributed by atoms with Gasteiger partial charge in [0.05, 0.1) is 34.4 Å². The third-order valence-electron chi connectivity index (χ3n) is 7.76. The van der Waals surface area contributed by atoms with Crippen molar-refractivity contribution in [3.05, 3.63) is 133 Å². The van der Waals surface area contributed by atoms with Gasteiger partial charge in [-0.25, -0.2) is 4.98 Å². The summed E-state index contributed by atoms with van der Waals surface area (Å²) in [6.07, 6.45) is 8.36. The second-order valence-electron chi connectivity index (χ2n) is 10.1. The van der Waals surface area contributed by atoms with E-state index in [1.807, 2.05) is 48.7 Å². The Hall–Kier alpha value is -5.22. The highest BCUT2D eigenvalue weighted by atomic mass is 16.5. The van der Waals surface area contributed by atoms with Gasteiger partial charge in [-0.3, -0.25) is 9.55 Å². The Morgan fingerprint density at radius 3 is 2.27 bits per heavy atom. The van der Waals surface area contributed by atoms with E-state index in [0.717, 1.165) is 80.4 Å². The molecule has 0 saturated heterocycles. The van der Waals surface area contributed by atoms with Crippen LogP contribution in [0.4, 0.5) is 0 Å². The van der Waals surface area contributed by atoms with Gasteiger partial charge in [0, 0.05) is 22.1 Å². The SMILES string of the molecule is C1=CC2=C(CC1)c1ccccc1Oc1c(-c3ncc(-c4ccccc4)nc3-c3ccccc3)c3ccccc3n12. The minimum absolute atomic E-state index is 0.768. The summed E-state index contributed by atoms with van der Waals surface area (Å²) < 4.78 is 9.17. The van der Waals surface area contributed by atoms with Gasteiger partial charge < -0.3 is 4.74 Å². The van der Waals surface area contributed by atoms with Crippen LogP contribution in [0, 0.1) is 0 Å². The first kappa shape index (κ1) is 22.7. The second-order valence-corrected chi connectivity index (χ2v) is 10.1. The van der Waals surface area contributed by atoms with E-state index >= 15 is 0 Å². The average Bonchev–Trinajstić information content (AvgIpc) is 3.27. The van der Waals surface area contributed by atoms with Crippen LogP contribution in [0.5, 0.6) is 11.6 Å². The summed E-state index contributed by atoms with van der Waals surface area (Å²) in [6.45, 7) is 0. The van der Waals surface area contributed by atoms with Crippen LogP contribution in [-0.2, 0) is 0 Å². The number of benzene rings is 4. The van der Waals surface area contributed by atoms with Crippen LogP contribution in [-0.4, -0.2) is 14.5 Å². The highest BCUT2D eigenvalue weighted by Crippen LogP contribution is 2.51. The second kappa shape index (κ2) is 9.21. The first-order chi connectivity index (χ1) is 19.9. The molecule has 0 spiro atoms. The number of para-hydroxylation sites is 2. The van der Waals surface area contributed by atoms with Crippen LogP contribution in [0.2, 0.25) is 0 Å². The van der Waals surface area contributed by atoms with Crippen LogP contribution in [0.15, 0.2) is 128 Å². The third-order valence-corrected chi connectivity index (χ3v) is 7.76. The molecule has 0 saturated carbocycles. The van der Waals surface area contributed by atoms with Crippen molar-refractivity contribution in [3.8, 4) is 45.4 Å². The fourth-order valence-electron chi connectivity index (χ4n) is 5.94. The first-order valence-corrected chi connectivity index (χ1v) is 13.7. The van der Waals surface area contributed by atoms with Crippen molar-refractivity contribution in [2.45, 2.75) is 12.8 Å². The summed E-state index contributed by atoms with van der Waals surface area (Å²) in [5.74, 6) is 1.63. The lowest BCUT2D eigenvalue weighted by Crippen LogP contribution is -2.01. The largest absolute Gasteiger partial charge is 0.439 e. The summed E-state index contributed by atoms with van der Waals surface area (Å²) in [7, 11) is 0. The van der Waals surface area contributed by atoms with Crippen molar-refractivity contribution in [2.75, 3.05) is 0 Å². The fraction of sp³-hybridized carbons (Fsp3) is 0.0556. The fourth-order valence-corrected chi connectivity index (χ4v) is 5.94. The minimum Gasteiger partial charge on any atom is -0.439 e. The predicted octanol–water partition coefficient (Wildman–Crippen LogP) is 9.26. The van der Waals surface area contributed by atoms with E-state index in [9.17, 15) is 0 Å². The maximum Gasteiger partial charge on any atom is 0.215 e. The molecule has 190 valence electrons. The Morgan fingerprint density at radius 2 is 1.43 bits per heavy atom. The molecule has 0 fully saturated rings. The zero-order valence-corrected chi connectivity index (χ0v) is 21.8. The van der Waals surface area contributed by atoms with Crippen molar-refractivity contribution < 1.29 is 4.74 Å². The van der Waals surface area contributed by atoms with E-state index in [2.05, 4.69) is 83.4 Å². The normalized spacial score (nSPS) is 13.8. The van der Waals surface area contributed by atoms with Crippen LogP contribution in [0.25, 0.3) is 55.9 Å². The number of hydrogen-bond acceptors (Lipinski definition) is 3. The van der Waals surface area contributed by atoms with Crippen molar-refractivity contribution in [1.82, 2.24) is 14.5 Å². The molecule has 8 rings (SSSR count). The van der Waals surface area contributed by atoms with Crippen LogP contribution < -0.4 is 4.74 Å². The molecule has 2 aromatic heterocycles. The number of allylic oxidation sites excluding steroid dienone is 4. The lowest BCUT2D eigenvalue weighted by molar-refractivity contribution is 0.460. The van der Waals surface area contributed by atoms with E-state index in [0.29, 0.717) is 0 Å². The van der Waals surface area contributed by atoms with Gasteiger partial charge in [0.15, 0.2) is 0 Å². The lowest BCUT2D eigenvalue weighted by atomic mass is 9.94. The number of rotatable bonds is 3. The Morgan fingerprint density at radius 1 is 0.700 bits per heavy atom. The topological polar surface area (TPSA) is 39.9 Å². The molecule has 40 heavy (non-hydrogen) atoms. The Kier molecular flexibility index (Phi) is 5.23.